The van der Waals surface area contributed by atoms with E-state index in [1.54, 1.807) is 4.90 Å². The molecular weight excluding hydrogens is 320 g/mol. The van der Waals surface area contributed by atoms with E-state index in [1.165, 1.54) is 0 Å². The molecule has 1 heterocycles. The van der Waals surface area contributed by atoms with Gasteiger partial charge in [0.1, 0.15) is 0 Å². The Kier molecular flexibility index (Phi) is 5.57. The molecule has 1 saturated heterocycles. The van der Waals surface area contributed by atoms with Crippen molar-refractivity contribution in [1.29, 1.82) is 0 Å². The zero-order chi connectivity index (χ0) is 14.5. The summed E-state index contributed by atoms with van der Waals surface area (Å²) in [7, 11) is 1.81. The second-order valence-electron chi connectivity index (χ2n) is 5.30. The second-order valence-corrected chi connectivity index (χ2v) is 6.21. The zero-order valence-corrected chi connectivity index (χ0v) is 13.3. The van der Waals surface area contributed by atoms with Crippen LogP contribution in [-0.2, 0) is 16.1 Å². The van der Waals surface area contributed by atoms with Crippen LogP contribution in [0.1, 0.15) is 18.4 Å². The summed E-state index contributed by atoms with van der Waals surface area (Å²) in [5.74, 6) is 0.253. The summed E-state index contributed by atoms with van der Waals surface area (Å²) >= 11 is 3.40. The van der Waals surface area contributed by atoms with Crippen LogP contribution in [0.3, 0.4) is 0 Å². The molecule has 0 bridgehead atoms. The Morgan fingerprint density at radius 3 is 2.60 bits per heavy atom. The molecule has 110 valence electrons. The van der Waals surface area contributed by atoms with Crippen molar-refractivity contribution in [1.82, 2.24) is 4.90 Å². The Morgan fingerprint density at radius 2 is 2.00 bits per heavy atom. The number of carbonyl (C=O) groups excluding carboxylic acids is 1. The van der Waals surface area contributed by atoms with E-state index in [2.05, 4.69) is 15.9 Å². The van der Waals surface area contributed by atoms with Crippen LogP contribution in [-0.4, -0.2) is 37.1 Å². The lowest BCUT2D eigenvalue weighted by molar-refractivity contribution is -0.133. The third-order valence-electron chi connectivity index (χ3n) is 3.77. The van der Waals surface area contributed by atoms with Crippen LogP contribution in [0.25, 0.3) is 0 Å². The summed E-state index contributed by atoms with van der Waals surface area (Å²) in [5, 5.41) is 0. The van der Waals surface area contributed by atoms with E-state index in [0.717, 1.165) is 22.9 Å². The smallest absolute Gasteiger partial charge is 0.239 e. The first-order chi connectivity index (χ1) is 9.58. The third-order valence-corrected chi connectivity index (χ3v) is 4.30. The average Bonchev–Trinajstić information content (AvgIpc) is 2.49. The molecular formula is C15H21BrN2O2. The zero-order valence-electron chi connectivity index (χ0n) is 11.7. The van der Waals surface area contributed by atoms with Crippen molar-refractivity contribution in [2.24, 2.45) is 11.7 Å². The number of halogens is 1. The van der Waals surface area contributed by atoms with Gasteiger partial charge in [-0.1, -0.05) is 28.1 Å². The predicted octanol–water partition coefficient (Wildman–Crippen LogP) is 2.16. The van der Waals surface area contributed by atoms with Crippen molar-refractivity contribution in [3.63, 3.8) is 0 Å². The first kappa shape index (κ1) is 15.5. The molecule has 0 radical (unpaired) electrons. The fourth-order valence-corrected chi connectivity index (χ4v) is 2.74. The highest BCUT2D eigenvalue weighted by atomic mass is 79.9. The monoisotopic (exact) mass is 340 g/mol. The summed E-state index contributed by atoms with van der Waals surface area (Å²) < 4.78 is 6.35. The molecule has 1 aliphatic heterocycles. The number of likely N-dealkylation sites (N-methyl/N-ethyl adjacent to an activating group) is 1. The summed E-state index contributed by atoms with van der Waals surface area (Å²) in [6.45, 7) is 2.01. The molecule has 1 aromatic rings. The maximum absolute atomic E-state index is 12.4. The van der Waals surface area contributed by atoms with Gasteiger partial charge in [0.05, 0.1) is 6.04 Å². The molecule has 4 nitrogen and oxygen atoms in total. The van der Waals surface area contributed by atoms with Crippen LogP contribution in [0.4, 0.5) is 0 Å². The van der Waals surface area contributed by atoms with Crippen LogP contribution >= 0.6 is 15.9 Å². The number of benzene rings is 1. The summed E-state index contributed by atoms with van der Waals surface area (Å²) in [4.78, 5) is 14.1. The number of hydrogen-bond acceptors (Lipinski definition) is 3. The summed E-state index contributed by atoms with van der Waals surface area (Å²) in [6.07, 6.45) is 1.75. The maximum atomic E-state index is 12.4. The fourth-order valence-electron chi connectivity index (χ4n) is 2.47. The van der Waals surface area contributed by atoms with Crippen molar-refractivity contribution >= 4 is 21.8 Å². The average molecular weight is 341 g/mol. The number of nitrogens with two attached hydrogens (primary N) is 1. The Morgan fingerprint density at radius 1 is 1.40 bits per heavy atom. The van der Waals surface area contributed by atoms with E-state index in [-0.39, 0.29) is 11.8 Å². The molecule has 0 saturated carbocycles. The molecule has 0 aromatic heterocycles. The maximum Gasteiger partial charge on any atom is 0.239 e. The van der Waals surface area contributed by atoms with E-state index >= 15 is 0 Å². The summed E-state index contributed by atoms with van der Waals surface area (Å²) in [5.41, 5.74) is 7.22. The Labute approximate surface area is 128 Å². The summed E-state index contributed by atoms with van der Waals surface area (Å²) in [6, 6.07) is 7.55. The molecule has 2 rings (SSSR count). The van der Waals surface area contributed by atoms with Crippen LogP contribution < -0.4 is 5.73 Å². The van der Waals surface area contributed by atoms with Crippen LogP contribution in [0.2, 0.25) is 0 Å². The third kappa shape index (κ3) is 4.04. The van der Waals surface area contributed by atoms with Gasteiger partial charge in [-0.15, -0.1) is 0 Å². The molecule has 1 atom stereocenters. The minimum absolute atomic E-state index is 0.0137. The van der Waals surface area contributed by atoms with Gasteiger partial charge in [-0.2, -0.15) is 0 Å². The molecule has 0 spiro atoms. The number of amides is 1. The van der Waals surface area contributed by atoms with Crippen molar-refractivity contribution in [3.05, 3.63) is 34.3 Å². The highest BCUT2D eigenvalue weighted by molar-refractivity contribution is 9.10. The quantitative estimate of drug-likeness (QED) is 0.913. The number of carbonyl (C=O) groups is 1. The predicted molar refractivity (Wildman–Crippen MR) is 82.1 cm³/mol. The van der Waals surface area contributed by atoms with Gasteiger partial charge in [-0.3, -0.25) is 4.79 Å². The van der Waals surface area contributed by atoms with E-state index < -0.39 is 6.04 Å². The Bertz CT molecular complexity index is 444. The lowest BCUT2D eigenvalue weighted by atomic mass is 9.91. The van der Waals surface area contributed by atoms with Crippen molar-refractivity contribution in [2.75, 3.05) is 20.3 Å². The highest BCUT2D eigenvalue weighted by Gasteiger charge is 2.28. The van der Waals surface area contributed by atoms with E-state index in [0.29, 0.717) is 19.8 Å². The number of rotatable bonds is 4. The first-order valence-corrected chi connectivity index (χ1v) is 7.70. The van der Waals surface area contributed by atoms with Crippen molar-refractivity contribution in [2.45, 2.75) is 25.4 Å². The minimum atomic E-state index is -0.417. The van der Waals surface area contributed by atoms with Gasteiger partial charge in [-0.25, -0.2) is 0 Å². The Balaban J connectivity index is 1.92. The normalized spacial score (nSPS) is 17.8. The van der Waals surface area contributed by atoms with Gasteiger partial charge in [0.15, 0.2) is 0 Å². The minimum Gasteiger partial charge on any atom is -0.381 e. The molecule has 1 aliphatic rings. The Hall–Kier alpha value is -0.910. The van der Waals surface area contributed by atoms with E-state index in [9.17, 15) is 4.79 Å². The van der Waals surface area contributed by atoms with Gasteiger partial charge < -0.3 is 15.4 Å². The van der Waals surface area contributed by atoms with Gasteiger partial charge in [0.2, 0.25) is 5.91 Å². The van der Waals surface area contributed by atoms with Crippen molar-refractivity contribution < 1.29 is 9.53 Å². The molecule has 1 amide bonds. The van der Waals surface area contributed by atoms with E-state index in [4.69, 9.17) is 10.5 Å². The van der Waals surface area contributed by atoms with Gasteiger partial charge in [-0.05, 0) is 36.5 Å². The SMILES string of the molecule is CN(Cc1ccc(Br)cc1)C(=O)C(N)C1CCOCC1. The van der Waals surface area contributed by atoms with E-state index in [1.807, 2.05) is 31.3 Å². The molecule has 1 fully saturated rings. The molecule has 20 heavy (non-hydrogen) atoms. The van der Waals surface area contributed by atoms with Crippen LogP contribution in [0.15, 0.2) is 28.7 Å². The van der Waals surface area contributed by atoms with Crippen LogP contribution in [0.5, 0.6) is 0 Å². The highest BCUT2D eigenvalue weighted by Crippen LogP contribution is 2.19. The lowest BCUT2D eigenvalue weighted by Gasteiger charge is -2.29. The van der Waals surface area contributed by atoms with Gasteiger partial charge in [0.25, 0.3) is 0 Å². The standard InChI is InChI=1S/C15H21BrN2O2/c1-18(10-11-2-4-13(16)5-3-11)15(19)14(17)12-6-8-20-9-7-12/h2-5,12,14H,6-10,17H2,1H3. The lowest BCUT2D eigenvalue weighted by Crippen LogP contribution is -2.47. The molecule has 5 heteroatoms. The molecule has 0 aliphatic carbocycles. The number of ether oxygens (including phenoxy) is 1. The van der Waals surface area contributed by atoms with Crippen molar-refractivity contribution in [3.8, 4) is 0 Å². The topological polar surface area (TPSA) is 55.6 Å². The molecule has 2 N–H and O–H groups in total. The molecule has 1 aromatic carbocycles. The largest absolute Gasteiger partial charge is 0.381 e. The first-order valence-electron chi connectivity index (χ1n) is 6.90. The number of nitrogens with zero attached hydrogens (tertiary/aromatic N) is 1. The number of hydrogen-bond donors (Lipinski definition) is 1. The van der Waals surface area contributed by atoms with Gasteiger partial charge in [0, 0.05) is 31.3 Å². The fraction of sp³-hybridized carbons (Fsp3) is 0.533. The second kappa shape index (κ2) is 7.20. The molecule has 1 unspecified atom stereocenters. The van der Waals surface area contributed by atoms with Gasteiger partial charge >= 0.3 is 0 Å². The van der Waals surface area contributed by atoms with Crippen LogP contribution in [0, 0.1) is 5.92 Å².